The number of nitrogens with zero attached hydrogens (tertiary/aromatic N) is 4. The summed E-state index contributed by atoms with van der Waals surface area (Å²) in [4.78, 5) is 28.3. The maximum absolute atomic E-state index is 11.7. The Labute approximate surface area is 142 Å². The van der Waals surface area contributed by atoms with Gasteiger partial charge < -0.3 is 4.98 Å². The SMILES string of the molecule is Cc1cc(=O)[nH]c([C@@H](C)N2CCN([C@H](C)c3ccccn3)CC2)n1. The molecule has 128 valence electrons. The van der Waals surface area contributed by atoms with E-state index in [-0.39, 0.29) is 11.6 Å². The molecule has 2 atom stereocenters. The molecular weight excluding hydrogens is 302 g/mol. The predicted octanol–water partition coefficient (Wildman–Crippen LogP) is 1.91. The third-order valence-corrected chi connectivity index (χ3v) is 4.84. The van der Waals surface area contributed by atoms with Crippen molar-refractivity contribution in [3.8, 4) is 0 Å². The fraction of sp³-hybridized carbons (Fsp3) is 0.500. The third kappa shape index (κ3) is 3.71. The molecule has 2 aromatic rings. The summed E-state index contributed by atoms with van der Waals surface area (Å²) >= 11 is 0. The van der Waals surface area contributed by atoms with Crippen LogP contribution >= 0.6 is 0 Å². The molecule has 3 heterocycles. The highest BCUT2D eigenvalue weighted by atomic mass is 16.1. The number of hydrogen-bond donors (Lipinski definition) is 1. The lowest BCUT2D eigenvalue weighted by Gasteiger charge is -2.40. The Morgan fingerprint density at radius 1 is 1.08 bits per heavy atom. The predicted molar refractivity (Wildman–Crippen MR) is 93.8 cm³/mol. The quantitative estimate of drug-likeness (QED) is 0.929. The van der Waals surface area contributed by atoms with Crippen molar-refractivity contribution in [2.24, 2.45) is 0 Å². The first kappa shape index (κ1) is 16.8. The summed E-state index contributed by atoms with van der Waals surface area (Å²) in [7, 11) is 0. The highest BCUT2D eigenvalue weighted by molar-refractivity contribution is 5.09. The second-order valence-electron chi connectivity index (χ2n) is 6.45. The van der Waals surface area contributed by atoms with E-state index in [2.05, 4.69) is 44.7 Å². The van der Waals surface area contributed by atoms with Crippen LogP contribution in [-0.4, -0.2) is 50.9 Å². The van der Waals surface area contributed by atoms with Gasteiger partial charge in [-0.2, -0.15) is 0 Å². The van der Waals surface area contributed by atoms with Gasteiger partial charge in [0.2, 0.25) is 0 Å². The van der Waals surface area contributed by atoms with E-state index < -0.39 is 0 Å². The maximum Gasteiger partial charge on any atom is 0.251 e. The minimum absolute atomic E-state index is 0.0771. The third-order valence-electron chi connectivity index (χ3n) is 4.84. The Balaban J connectivity index is 1.63. The van der Waals surface area contributed by atoms with Crippen LogP contribution < -0.4 is 5.56 Å². The molecule has 0 spiro atoms. The second-order valence-corrected chi connectivity index (χ2v) is 6.45. The van der Waals surface area contributed by atoms with Crippen LogP contribution in [-0.2, 0) is 0 Å². The number of aromatic nitrogens is 3. The fourth-order valence-electron chi connectivity index (χ4n) is 3.30. The molecular formula is C18H25N5O. The van der Waals surface area contributed by atoms with Crippen LogP contribution in [0.5, 0.6) is 0 Å². The smallest absolute Gasteiger partial charge is 0.251 e. The van der Waals surface area contributed by atoms with Gasteiger partial charge in [-0.3, -0.25) is 19.6 Å². The zero-order valence-corrected chi connectivity index (χ0v) is 14.6. The molecule has 0 unspecified atom stereocenters. The number of rotatable bonds is 4. The average molecular weight is 327 g/mol. The summed E-state index contributed by atoms with van der Waals surface area (Å²) in [5, 5.41) is 0. The van der Waals surface area contributed by atoms with E-state index in [0.717, 1.165) is 43.4 Å². The van der Waals surface area contributed by atoms with E-state index in [4.69, 9.17) is 0 Å². The van der Waals surface area contributed by atoms with Crippen molar-refractivity contribution >= 4 is 0 Å². The molecule has 1 saturated heterocycles. The van der Waals surface area contributed by atoms with Crippen molar-refractivity contribution in [2.75, 3.05) is 26.2 Å². The van der Waals surface area contributed by atoms with E-state index in [0.29, 0.717) is 6.04 Å². The number of nitrogens with one attached hydrogen (secondary N) is 1. The van der Waals surface area contributed by atoms with E-state index in [1.54, 1.807) is 0 Å². The van der Waals surface area contributed by atoms with E-state index >= 15 is 0 Å². The van der Waals surface area contributed by atoms with Crippen molar-refractivity contribution < 1.29 is 0 Å². The number of aromatic amines is 1. The van der Waals surface area contributed by atoms with Crippen LogP contribution in [0.25, 0.3) is 0 Å². The molecule has 1 aliphatic rings. The van der Waals surface area contributed by atoms with Crippen LogP contribution in [0.4, 0.5) is 0 Å². The first-order chi connectivity index (χ1) is 11.5. The van der Waals surface area contributed by atoms with Crippen molar-refractivity contribution in [3.05, 3.63) is 58.0 Å². The minimum atomic E-state index is -0.0771. The first-order valence-electron chi connectivity index (χ1n) is 8.51. The molecule has 24 heavy (non-hydrogen) atoms. The van der Waals surface area contributed by atoms with Gasteiger partial charge in [0.1, 0.15) is 5.82 Å². The Bertz CT molecular complexity index is 722. The number of aryl methyl sites for hydroxylation is 1. The van der Waals surface area contributed by atoms with Gasteiger partial charge in [0, 0.05) is 50.2 Å². The Morgan fingerprint density at radius 3 is 2.33 bits per heavy atom. The minimum Gasteiger partial charge on any atom is -0.309 e. The zero-order chi connectivity index (χ0) is 17.1. The molecule has 0 aliphatic carbocycles. The molecule has 2 aromatic heterocycles. The first-order valence-corrected chi connectivity index (χ1v) is 8.51. The summed E-state index contributed by atoms with van der Waals surface area (Å²) in [5.74, 6) is 0.756. The average Bonchev–Trinajstić information content (AvgIpc) is 2.60. The van der Waals surface area contributed by atoms with E-state index in [1.165, 1.54) is 6.07 Å². The van der Waals surface area contributed by atoms with Crippen LogP contribution in [0.15, 0.2) is 35.3 Å². The molecule has 1 fully saturated rings. The lowest BCUT2D eigenvalue weighted by atomic mass is 10.1. The van der Waals surface area contributed by atoms with Crippen molar-refractivity contribution in [1.29, 1.82) is 0 Å². The molecule has 1 N–H and O–H groups in total. The number of piperazine rings is 1. The molecule has 0 saturated carbocycles. The molecule has 0 radical (unpaired) electrons. The van der Waals surface area contributed by atoms with Gasteiger partial charge in [0.25, 0.3) is 5.56 Å². The van der Waals surface area contributed by atoms with E-state index in [9.17, 15) is 4.79 Å². The number of hydrogen-bond acceptors (Lipinski definition) is 5. The van der Waals surface area contributed by atoms with Crippen molar-refractivity contribution in [2.45, 2.75) is 32.9 Å². The van der Waals surface area contributed by atoms with Crippen molar-refractivity contribution in [3.63, 3.8) is 0 Å². The summed E-state index contributed by atoms with van der Waals surface area (Å²) in [6.07, 6.45) is 1.85. The maximum atomic E-state index is 11.7. The molecule has 0 bridgehead atoms. The Kier molecular flexibility index (Phi) is 5.06. The van der Waals surface area contributed by atoms with Crippen LogP contribution in [0.2, 0.25) is 0 Å². The highest BCUT2D eigenvalue weighted by Gasteiger charge is 2.26. The highest BCUT2D eigenvalue weighted by Crippen LogP contribution is 2.23. The second kappa shape index (κ2) is 7.23. The monoisotopic (exact) mass is 327 g/mol. The lowest BCUT2D eigenvalue weighted by molar-refractivity contribution is 0.0745. The number of pyridine rings is 1. The molecule has 1 aliphatic heterocycles. The molecule has 0 amide bonds. The van der Waals surface area contributed by atoms with Gasteiger partial charge in [-0.05, 0) is 32.9 Å². The largest absolute Gasteiger partial charge is 0.309 e. The van der Waals surface area contributed by atoms with Gasteiger partial charge in [0.15, 0.2) is 0 Å². The normalized spacial score (nSPS) is 19.1. The van der Waals surface area contributed by atoms with Gasteiger partial charge >= 0.3 is 0 Å². The Morgan fingerprint density at radius 2 is 1.75 bits per heavy atom. The zero-order valence-electron chi connectivity index (χ0n) is 14.6. The molecule has 3 rings (SSSR count). The summed E-state index contributed by atoms with van der Waals surface area (Å²) in [6, 6.07) is 8.04. The summed E-state index contributed by atoms with van der Waals surface area (Å²) < 4.78 is 0. The molecule has 6 heteroatoms. The number of H-pyrrole nitrogens is 1. The topological polar surface area (TPSA) is 65.1 Å². The Hall–Kier alpha value is -2.05. The van der Waals surface area contributed by atoms with Crippen LogP contribution in [0.3, 0.4) is 0 Å². The molecule has 6 nitrogen and oxygen atoms in total. The van der Waals surface area contributed by atoms with Crippen LogP contribution in [0, 0.1) is 6.92 Å². The van der Waals surface area contributed by atoms with Gasteiger partial charge in [-0.1, -0.05) is 6.07 Å². The van der Waals surface area contributed by atoms with Gasteiger partial charge in [-0.25, -0.2) is 4.98 Å². The summed E-state index contributed by atoms with van der Waals surface area (Å²) in [5.41, 5.74) is 1.80. The summed E-state index contributed by atoms with van der Waals surface area (Å²) in [6.45, 7) is 10.1. The van der Waals surface area contributed by atoms with Crippen molar-refractivity contribution in [1.82, 2.24) is 24.8 Å². The van der Waals surface area contributed by atoms with Gasteiger partial charge in [0.05, 0.1) is 11.7 Å². The van der Waals surface area contributed by atoms with E-state index in [1.807, 2.05) is 25.3 Å². The standard InChI is InChI=1S/C18H25N5O/c1-13-12-17(24)21-18(20-13)15(3)23-10-8-22(9-11-23)14(2)16-6-4-5-7-19-16/h4-7,12,14-15H,8-11H2,1-3H3,(H,20,21,24)/t14-,15-/m1/s1. The van der Waals surface area contributed by atoms with Crippen LogP contribution in [0.1, 0.15) is 43.1 Å². The lowest BCUT2D eigenvalue weighted by Crippen LogP contribution is -2.48. The fourth-order valence-corrected chi connectivity index (χ4v) is 3.30. The van der Waals surface area contributed by atoms with Gasteiger partial charge in [-0.15, -0.1) is 0 Å². The molecule has 0 aromatic carbocycles.